The largest absolute Gasteiger partial charge is 0.440 e. The highest BCUT2D eigenvalue weighted by Crippen LogP contribution is 2.48. The number of piperidine rings is 1. The van der Waals surface area contributed by atoms with Crippen LogP contribution in [0.4, 0.5) is 0 Å². The summed E-state index contributed by atoms with van der Waals surface area (Å²) in [5.74, 6) is 0.242. The zero-order chi connectivity index (χ0) is 21.4. The number of carbonyl (C=O) groups is 1. The first kappa shape index (κ1) is 19.7. The zero-order valence-corrected chi connectivity index (χ0v) is 18.1. The maximum atomic E-state index is 13.0. The predicted octanol–water partition coefficient (Wildman–Crippen LogP) is 5.60. The van der Waals surface area contributed by atoms with Crippen molar-refractivity contribution in [2.24, 2.45) is 0 Å². The topological polar surface area (TPSA) is 38.8 Å². The van der Waals surface area contributed by atoms with Crippen LogP contribution in [0.5, 0.6) is 11.5 Å². The molecule has 5 rings (SSSR count). The molecule has 4 nitrogen and oxygen atoms in total. The van der Waals surface area contributed by atoms with Gasteiger partial charge >= 0.3 is 5.79 Å². The highest BCUT2D eigenvalue weighted by molar-refractivity contribution is 5.95. The lowest BCUT2D eigenvalue weighted by Crippen LogP contribution is -2.36. The molecule has 31 heavy (non-hydrogen) atoms. The lowest BCUT2D eigenvalue weighted by Gasteiger charge is -2.29. The summed E-state index contributed by atoms with van der Waals surface area (Å²) in [4.78, 5) is 14.9. The molecule has 0 atom stereocenters. The number of carbonyl (C=O) groups excluding carboxylic acids is 1. The molecular formula is C27H27NO3. The van der Waals surface area contributed by atoms with E-state index in [9.17, 15) is 4.79 Å². The molecule has 2 aliphatic rings. The van der Waals surface area contributed by atoms with Gasteiger partial charge in [-0.15, -0.1) is 0 Å². The van der Waals surface area contributed by atoms with Crippen molar-refractivity contribution in [1.82, 2.24) is 4.90 Å². The quantitative estimate of drug-likeness (QED) is 0.561. The zero-order valence-electron chi connectivity index (χ0n) is 18.1. The second-order valence-electron chi connectivity index (χ2n) is 8.57. The average molecular weight is 414 g/mol. The number of rotatable bonds is 3. The van der Waals surface area contributed by atoms with Crippen LogP contribution in [0.25, 0.3) is 0 Å². The van der Waals surface area contributed by atoms with E-state index in [4.69, 9.17) is 9.47 Å². The van der Waals surface area contributed by atoms with E-state index in [1.165, 1.54) is 17.5 Å². The molecule has 0 unspecified atom stereocenters. The monoisotopic (exact) mass is 413 g/mol. The third-order valence-electron chi connectivity index (χ3n) is 6.20. The normalized spacial score (nSPS) is 16.9. The van der Waals surface area contributed by atoms with Gasteiger partial charge in [0, 0.05) is 29.8 Å². The molecule has 3 aromatic carbocycles. The van der Waals surface area contributed by atoms with Crippen molar-refractivity contribution >= 4 is 5.91 Å². The summed E-state index contributed by atoms with van der Waals surface area (Å²) in [5.41, 5.74) is 4.83. The van der Waals surface area contributed by atoms with Gasteiger partial charge in [0.25, 0.3) is 5.91 Å². The number of hydrogen-bond acceptors (Lipinski definition) is 3. The summed E-state index contributed by atoms with van der Waals surface area (Å²) < 4.78 is 13.0. The Bertz CT molecular complexity index is 1050. The molecule has 0 N–H and O–H groups in total. The molecule has 1 fully saturated rings. The van der Waals surface area contributed by atoms with Gasteiger partial charge in [0.1, 0.15) is 0 Å². The van der Waals surface area contributed by atoms with Crippen LogP contribution in [0, 0.1) is 13.8 Å². The van der Waals surface area contributed by atoms with E-state index in [0.717, 1.165) is 37.1 Å². The predicted molar refractivity (Wildman–Crippen MR) is 121 cm³/mol. The Morgan fingerprint density at radius 3 is 1.87 bits per heavy atom. The minimum atomic E-state index is -1.07. The second-order valence-corrected chi connectivity index (χ2v) is 8.57. The van der Waals surface area contributed by atoms with Gasteiger partial charge in [-0.3, -0.25) is 4.79 Å². The molecule has 2 aliphatic heterocycles. The maximum absolute atomic E-state index is 13.0. The smallest absolute Gasteiger partial charge is 0.305 e. The fourth-order valence-corrected chi connectivity index (χ4v) is 4.36. The molecule has 0 spiro atoms. The van der Waals surface area contributed by atoms with Gasteiger partial charge in [-0.25, -0.2) is 0 Å². The van der Waals surface area contributed by atoms with E-state index >= 15 is 0 Å². The summed E-state index contributed by atoms with van der Waals surface area (Å²) in [6, 6.07) is 22.0. The van der Waals surface area contributed by atoms with Crippen molar-refractivity contribution in [3.8, 4) is 11.5 Å². The standard InChI is InChI=1S/C27H27NO3/c1-19-6-11-22(12-7-19)27(23-13-8-20(2)9-14-23)30-24-15-10-21(18-25(24)31-27)26(29)28-16-4-3-5-17-28/h6-15,18H,3-5,16-17H2,1-2H3. The van der Waals surface area contributed by atoms with Crippen molar-refractivity contribution in [3.63, 3.8) is 0 Å². The van der Waals surface area contributed by atoms with Gasteiger partial charge in [0.2, 0.25) is 0 Å². The summed E-state index contributed by atoms with van der Waals surface area (Å²) in [7, 11) is 0. The summed E-state index contributed by atoms with van der Waals surface area (Å²) in [6.45, 7) is 5.77. The molecule has 0 aliphatic carbocycles. The van der Waals surface area contributed by atoms with Crippen LogP contribution in [0.15, 0.2) is 66.7 Å². The number of fused-ring (bicyclic) bond motifs is 1. The Labute approximate surface area is 183 Å². The van der Waals surface area contributed by atoms with Crippen LogP contribution in [0.3, 0.4) is 0 Å². The molecule has 2 heterocycles. The van der Waals surface area contributed by atoms with Crippen LogP contribution in [0.2, 0.25) is 0 Å². The lowest BCUT2D eigenvalue weighted by atomic mass is 9.95. The Morgan fingerprint density at radius 1 is 0.742 bits per heavy atom. The third-order valence-corrected chi connectivity index (χ3v) is 6.20. The van der Waals surface area contributed by atoms with Crippen LogP contribution in [0.1, 0.15) is 51.9 Å². The van der Waals surface area contributed by atoms with Crippen LogP contribution >= 0.6 is 0 Å². The van der Waals surface area contributed by atoms with Crippen LogP contribution in [-0.4, -0.2) is 23.9 Å². The van der Waals surface area contributed by atoms with E-state index in [1.54, 1.807) is 0 Å². The van der Waals surface area contributed by atoms with E-state index in [0.29, 0.717) is 17.1 Å². The minimum absolute atomic E-state index is 0.0641. The lowest BCUT2D eigenvalue weighted by molar-refractivity contribution is -0.0459. The number of aryl methyl sites for hydroxylation is 2. The van der Waals surface area contributed by atoms with Crippen molar-refractivity contribution < 1.29 is 14.3 Å². The third kappa shape index (κ3) is 3.56. The van der Waals surface area contributed by atoms with E-state index in [2.05, 4.69) is 38.1 Å². The Hall–Kier alpha value is -3.27. The molecule has 0 aromatic heterocycles. The van der Waals surface area contributed by atoms with Crippen molar-refractivity contribution in [3.05, 3.63) is 94.5 Å². The van der Waals surface area contributed by atoms with Gasteiger partial charge in [0.05, 0.1) is 0 Å². The van der Waals surface area contributed by atoms with Crippen LogP contribution < -0.4 is 9.47 Å². The fraction of sp³-hybridized carbons (Fsp3) is 0.296. The minimum Gasteiger partial charge on any atom is -0.440 e. The number of nitrogens with zero attached hydrogens (tertiary/aromatic N) is 1. The first-order chi connectivity index (χ1) is 15.0. The Kier molecular flexibility index (Phi) is 4.93. The molecule has 1 amide bonds. The first-order valence-corrected chi connectivity index (χ1v) is 11.0. The molecular weight excluding hydrogens is 386 g/mol. The van der Waals surface area contributed by atoms with Gasteiger partial charge in [-0.05, 0) is 51.3 Å². The first-order valence-electron chi connectivity index (χ1n) is 11.0. The van der Waals surface area contributed by atoms with E-state index in [1.807, 2.05) is 47.4 Å². The Morgan fingerprint density at radius 2 is 1.29 bits per heavy atom. The average Bonchev–Trinajstić information content (AvgIpc) is 3.20. The second kappa shape index (κ2) is 7.77. The van der Waals surface area contributed by atoms with Gasteiger partial charge in [0.15, 0.2) is 11.5 Å². The maximum Gasteiger partial charge on any atom is 0.305 e. The summed E-state index contributed by atoms with van der Waals surface area (Å²) >= 11 is 0. The van der Waals surface area contributed by atoms with E-state index in [-0.39, 0.29) is 5.91 Å². The fourth-order valence-electron chi connectivity index (χ4n) is 4.36. The molecule has 158 valence electrons. The summed E-state index contributed by atoms with van der Waals surface area (Å²) in [6.07, 6.45) is 3.33. The number of hydrogen-bond donors (Lipinski definition) is 0. The highest BCUT2D eigenvalue weighted by Gasteiger charge is 2.45. The summed E-state index contributed by atoms with van der Waals surface area (Å²) in [5, 5.41) is 0. The number of benzene rings is 3. The van der Waals surface area contributed by atoms with Gasteiger partial charge < -0.3 is 14.4 Å². The SMILES string of the molecule is Cc1ccc(C2(c3ccc(C)cc3)Oc3ccc(C(=O)N4CCCCC4)cc3O2)cc1. The van der Waals surface area contributed by atoms with E-state index < -0.39 is 5.79 Å². The van der Waals surface area contributed by atoms with Crippen molar-refractivity contribution in [1.29, 1.82) is 0 Å². The van der Waals surface area contributed by atoms with Crippen molar-refractivity contribution in [2.75, 3.05) is 13.1 Å². The van der Waals surface area contributed by atoms with Gasteiger partial charge in [-0.2, -0.15) is 0 Å². The Balaban J connectivity index is 1.53. The van der Waals surface area contributed by atoms with Crippen molar-refractivity contribution in [2.45, 2.75) is 38.9 Å². The highest BCUT2D eigenvalue weighted by atomic mass is 16.7. The molecule has 1 saturated heterocycles. The molecule has 3 aromatic rings. The molecule has 4 heteroatoms. The molecule has 0 saturated carbocycles. The molecule has 0 radical (unpaired) electrons. The molecule has 0 bridgehead atoms. The number of ether oxygens (including phenoxy) is 2. The number of likely N-dealkylation sites (tertiary alicyclic amines) is 1. The number of amides is 1. The van der Waals surface area contributed by atoms with Crippen LogP contribution in [-0.2, 0) is 5.79 Å². The van der Waals surface area contributed by atoms with Gasteiger partial charge in [-0.1, -0.05) is 59.7 Å².